The molecule has 2 N–H and O–H groups in total. The van der Waals surface area contributed by atoms with Crippen molar-refractivity contribution in [3.63, 3.8) is 0 Å². The molecule has 0 saturated carbocycles. The van der Waals surface area contributed by atoms with Crippen molar-refractivity contribution >= 4 is 23.4 Å². The van der Waals surface area contributed by atoms with Gasteiger partial charge in [-0.1, -0.05) is 30.3 Å². The molecule has 1 saturated heterocycles. The molecule has 1 aliphatic rings. The molecule has 4 aromatic rings. The predicted molar refractivity (Wildman–Crippen MR) is 152 cm³/mol. The number of nitrogens with one attached hydrogen (secondary N) is 2. The molecule has 9 nitrogen and oxygen atoms in total. The molecule has 0 aliphatic carbocycles. The molecule has 0 bridgehead atoms. The summed E-state index contributed by atoms with van der Waals surface area (Å²) >= 11 is 0. The first kappa shape index (κ1) is 26.5. The zero-order chi connectivity index (χ0) is 27.2. The van der Waals surface area contributed by atoms with Gasteiger partial charge in [-0.25, -0.2) is 9.31 Å². The standard InChI is InChI=1S/C30H36N6O3/c1-30(2,3)39-29(37)31-21-22-9-11-23(12-10-22)26-7-6-8-27-33-28(34-36(26)27)32-24-13-15-25(16-14-24)38-20-19-35-17-4-5-18-35/h6-16H,4-5,17-21H2,1-3H3,(H,31,37)(H,32,34). The van der Waals surface area contributed by atoms with Crippen LogP contribution >= 0.6 is 0 Å². The van der Waals surface area contributed by atoms with Crippen LogP contribution in [0.1, 0.15) is 39.2 Å². The highest BCUT2D eigenvalue weighted by molar-refractivity contribution is 5.68. The molecule has 0 spiro atoms. The molecular weight excluding hydrogens is 492 g/mol. The van der Waals surface area contributed by atoms with E-state index >= 15 is 0 Å². The fourth-order valence-electron chi connectivity index (χ4n) is 4.52. The van der Waals surface area contributed by atoms with Gasteiger partial charge >= 0.3 is 6.09 Å². The molecule has 204 valence electrons. The number of hydrogen-bond acceptors (Lipinski definition) is 7. The first-order chi connectivity index (χ1) is 18.8. The van der Waals surface area contributed by atoms with Crippen LogP contribution in [-0.4, -0.2) is 57.4 Å². The van der Waals surface area contributed by atoms with E-state index in [9.17, 15) is 4.79 Å². The van der Waals surface area contributed by atoms with Crippen LogP contribution in [0.5, 0.6) is 5.75 Å². The number of pyridine rings is 1. The summed E-state index contributed by atoms with van der Waals surface area (Å²) in [4.78, 5) is 19.0. The number of benzene rings is 2. The molecule has 39 heavy (non-hydrogen) atoms. The Morgan fingerprint density at radius 3 is 2.44 bits per heavy atom. The van der Waals surface area contributed by atoms with Crippen LogP contribution < -0.4 is 15.4 Å². The Kier molecular flexibility index (Phi) is 7.97. The Hall–Kier alpha value is -4.11. The van der Waals surface area contributed by atoms with Crippen LogP contribution in [0.3, 0.4) is 0 Å². The summed E-state index contributed by atoms with van der Waals surface area (Å²) in [5, 5.41) is 10.8. The average Bonchev–Trinajstić information content (AvgIpc) is 3.57. The molecule has 1 fully saturated rings. The van der Waals surface area contributed by atoms with Crippen molar-refractivity contribution in [1.29, 1.82) is 0 Å². The lowest BCUT2D eigenvalue weighted by atomic mass is 10.1. The number of fused-ring (bicyclic) bond motifs is 1. The predicted octanol–water partition coefficient (Wildman–Crippen LogP) is 5.64. The number of ether oxygens (including phenoxy) is 2. The maximum atomic E-state index is 11.9. The highest BCUT2D eigenvalue weighted by Gasteiger charge is 2.16. The van der Waals surface area contributed by atoms with E-state index in [1.54, 1.807) is 0 Å². The Balaban J connectivity index is 1.20. The van der Waals surface area contributed by atoms with E-state index in [1.807, 2.05) is 92.0 Å². The first-order valence-electron chi connectivity index (χ1n) is 13.5. The summed E-state index contributed by atoms with van der Waals surface area (Å²) in [5.74, 6) is 1.37. The number of aromatic nitrogens is 3. The third-order valence-electron chi connectivity index (χ3n) is 6.43. The van der Waals surface area contributed by atoms with Crippen LogP contribution in [0, 0.1) is 0 Å². The largest absolute Gasteiger partial charge is 0.492 e. The van der Waals surface area contributed by atoms with Gasteiger partial charge in [0.15, 0.2) is 5.65 Å². The SMILES string of the molecule is CC(C)(C)OC(=O)NCc1ccc(-c2cccc3nc(Nc4ccc(OCCN5CCCC5)cc4)nn23)cc1. The minimum absolute atomic E-state index is 0.388. The lowest BCUT2D eigenvalue weighted by Crippen LogP contribution is -2.32. The smallest absolute Gasteiger partial charge is 0.407 e. The molecule has 1 amide bonds. The maximum Gasteiger partial charge on any atom is 0.407 e. The summed E-state index contributed by atoms with van der Waals surface area (Å²) in [6, 6.07) is 21.8. The second kappa shape index (κ2) is 11.7. The number of hydrogen-bond donors (Lipinski definition) is 2. The molecule has 5 rings (SSSR count). The van der Waals surface area contributed by atoms with Gasteiger partial charge in [0.1, 0.15) is 18.0 Å². The van der Waals surface area contributed by atoms with Gasteiger partial charge in [0, 0.05) is 24.3 Å². The van der Waals surface area contributed by atoms with Crippen molar-refractivity contribution < 1.29 is 14.3 Å². The molecule has 0 radical (unpaired) electrons. The Bertz CT molecular complexity index is 1390. The van der Waals surface area contributed by atoms with Gasteiger partial charge in [0.05, 0.1) is 5.69 Å². The number of carbonyl (C=O) groups is 1. The lowest BCUT2D eigenvalue weighted by molar-refractivity contribution is 0.0523. The molecule has 2 aromatic carbocycles. The third-order valence-corrected chi connectivity index (χ3v) is 6.43. The number of alkyl carbamates (subject to hydrolysis) is 1. The minimum Gasteiger partial charge on any atom is -0.492 e. The fourth-order valence-corrected chi connectivity index (χ4v) is 4.52. The van der Waals surface area contributed by atoms with Crippen LogP contribution in [0.4, 0.5) is 16.4 Å². The Morgan fingerprint density at radius 2 is 1.72 bits per heavy atom. The zero-order valence-corrected chi connectivity index (χ0v) is 22.8. The molecule has 0 unspecified atom stereocenters. The van der Waals surface area contributed by atoms with E-state index in [-0.39, 0.29) is 0 Å². The third kappa shape index (κ3) is 7.26. The molecule has 9 heteroatoms. The zero-order valence-electron chi connectivity index (χ0n) is 22.8. The van der Waals surface area contributed by atoms with E-state index in [0.29, 0.717) is 19.1 Å². The highest BCUT2D eigenvalue weighted by Crippen LogP contribution is 2.23. The van der Waals surface area contributed by atoms with Crippen LogP contribution in [-0.2, 0) is 11.3 Å². The van der Waals surface area contributed by atoms with Crippen molar-refractivity contribution in [3.8, 4) is 17.0 Å². The highest BCUT2D eigenvalue weighted by atomic mass is 16.6. The fraction of sp³-hybridized carbons (Fsp3) is 0.367. The minimum atomic E-state index is -0.525. The summed E-state index contributed by atoms with van der Waals surface area (Å²) in [7, 11) is 0. The molecule has 3 heterocycles. The van der Waals surface area contributed by atoms with Gasteiger partial charge in [-0.05, 0) is 88.7 Å². The topological polar surface area (TPSA) is 93.0 Å². The number of rotatable bonds is 9. The number of nitrogens with zero attached hydrogens (tertiary/aromatic N) is 4. The first-order valence-corrected chi connectivity index (χ1v) is 13.5. The van der Waals surface area contributed by atoms with Gasteiger partial charge in [0.2, 0.25) is 5.95 Å². The summed E-state index contributed by atoms with van der Waals surface area (Å²) < 4.78 is 13.0. The van der Waals surface area contributed by atoms with Gasteiger partial charge in [-0.15, -0.1) is 5.10 Å². The van der Waals surface area contributed by atoms with Crippen LogP contribution in [0.25, 0.3) is 16.9 Å². The maximum absolute atomic E-state index is 11.9. The lowest BCUT2D eigenvalue weighted by Gasteiger charge is -2.19. The Morgan fingerprint density at radius 1 is 0.974 bits per heavy atom. The van der Waals surface area contributed by atoms with E-state index in [0.717, 1.165) is 40.4 Å². The van der Waals surface area contributed by atoms with Crippen molar-refractivity contribution in [2.24, 2.45) is 0 Å². The normalized spacial score (nSPS) is 13.9. The van der Waals surface area contributed by atoms with E-state index < -0.39 is 11.7 Å². The Labute approximate surface area is 229 Å². The van der Waals surface area contributed by atoms with Crippen molar-refractivity contribution in [2.45, 2.75) is 45.8 Å². The van der Waals surface area contributed by atoms with Gasteiger partial charge < -0.3 is 20.1 Å². The number of likely N-dealkylation sites (tertiary alicyclic amines) is 1. The van der Waals surface area contributed by atoms with E-state index in [1.165, 1.54) is 25.9 Å². The van der Waals surface area contributed by atoms with Crippen molar-refractivity contribution in [2.75, 3.05) is 31.6 Å². The summed E-state index contributed by atoms with van der Waals surface area (Å²) in [6.07, 6.45) is 2.15. The second-order valence-corrected chi connectivity index (χ2v) is 10.7. The molecule has 1 aliphatic heterocycles. The van der Waals surface area contributed by atoms with Gasteiger partial charge in [-0.3, -0.25) is 4.90 Å². The van der Waals surface area contributed by atoms with Gasteiger partial charge in [0.25, 0.3) is 0 Å². The number of amides is 1. The van der Waals surface area contributed by atoms with E-state index in [2.05, 4.69) is 20.5 Å². The van der Waals surface area contributed by atoms with E-state index in [4.69, 9.17) is 14.6 Å². The van der Waals surface area contributed by atoms with Gasteiger partial charge in [-0.2, -0.15) is 4.98 Å². The van der Waals surface area contributed by atoms with Crippen LogP contribution in [0.15, 0.2) is 66.7 Å². The van der Waals surface area contributed by atoms with Crippen molar-refractivity contribution in [3.05, 3.63) is 72.3 Å². The second-order valence-electron chi connectivity index (χ2n) is 10.7. The monoisotopic (exact) mass is 528 g/mol. The average molecular weight is 529 g/mol. The summed E-state index contributed by atoms with van der Waals surface area (Å²) in [5.41, 5.74) is 3.99. The number of anilines is 2. The molecule has 2 aromatic heterocycles. The molecule has 0 atom stereocenters. The van der Waals surface area contributed by atoms with Crippen LogP contribution in [0.2, 0.25) is 0 Å². The number of carbonyl (C=O) groups excluding carboxylic acids is 1. The molecular formula is C30H36N6O3. The summed E-state index contributed by atoms with van der Waals surface area (Å²) in [6.45, 7) is 9.95. The quantitative estimate of drug-likeness (QED) is 0.290. The van der Waals surface area contributed by atoms with Crippen molar-refractivity contribution in [1.82, 2.24) is 24.8 Å².